The van der Waals surface area contributed by atoms with Gasteiger partial charge in [-0.05, 0) is 30.3 Å². The van der Waals surface area contributed by atoms with Gasteiger partial charge >= 0.3 is 0 Å². The highest BCUT2D eigenvalue weighted by Gasteiger charge is 2.37. The number of anilines is 1. The lowest BCUT2D eigenvalue weighted by atomic mass is 9.83. The number of hydrogen-bond acceptors (Lipinski definition) is 7. The Morgan fingerprint density at radius 3 is 2.44 bits per heavy atom. The van der Waals surface area contributed by atoms with E-state index in [4.69, 9.17) is 15.2 Å². The van der Waals surface area contributed by atoms with E-state index in [0.717, 1.165) is 15.9 Å². The summed E-state index contributed by atoms with van der Waals surface area (Å²) < 4.78 is 41.4. The monoisotopic (exact) mass is 572 g/mol. The molecule has 2 heterocycles. The van der Waals surface area contributed by atoms with Crippen molar-refractivity contribution in [3.63, 3.8) is 0 Å². The standard InChI is InChI=1S/C30H22F2N4O4S/c1-39-17-11-12-22(23(14-17)40-2)35-28(37)26-25(18-8-4-6-10-21(18)32)19(15-33)27(34)36-29(38)24(41-30(26)36)13-16-7-3-5-9-20(16)31/h3-14,25H,34H2,1-2H3,(H,35,37)/b24-13-. The van der Waals surface area contributed by atoms with E-state index in [1.54, 1.807) is 30.3 Å². The van der Waals surface area contributed by atoms with E-state index in [2.05, 4.69) is 5.32 Å². The number of benzene rings is 3. The van der Waals surface area contributed by atoms with Gasteiger partial charge < -0.3 is 20.5 Å². The highest BCUT2D eigenvalue weighted by atomic mass is 32.1. The molecule has 1 amide bonds. The van der Waals surface area contributed by atoms with Gasteiger partial charge in [-0.3, -0.25) is 14.2 Å². The van der Waals surface area contributed by atoms with Crippen molar-refractivity contribution in [1.29, 1.82) is 5.26 Å². The van der Waals surface area contributed by atoms with Crippen molar-refractivity contribution in [1.82, 2.24) is 4.57 Å². The molecular formula is C30H22F2N4O4S. The largest absolute Gasteiger partial charge is 0.497 e. The van der Waals surface area contributed by atoms with Gasteiger partial charge in [0.05, 0.1) is 47.6 Å². The minimum absolute atomic E-state index is 0.0191. The molecule has 8 nitrogen and oxygen atoms in total. The van der Waals surface area contributed by atoms with Crippen LogP contribution in [0.15, 0.2) is 77.1 Å². The molecule has 1 aromatic heterocycles. The fraction of sp³-hybridized carbons (Fsp3) is 0.100. The summed E-state index contributed by atoms with van der Waals surface area (Å²) in [5, 5.41) is 12.9. The zero-order valence-electron chi connectivity index (χ0n) is 21.8. The van der Waals surface area contributed by atoms with Crippen LogP contribution in [0.2, 0.25) is 0 Å². The second-order valence-corrected chi connectivity index (χ2v) is 9.91. The summed E-state index contributed by atoms with van der Waals surface area (Å²) in [7, 11) is 2.90. The molecular weight excluding hydrogens is 550 g/mol. The molecule has 41 heavy (non-hydrogen) atoms. The molecule has 3 aromatic carbocycles. The number of allylic oxidation sites excluding steroid dienone is 1. The van der Waals surface area contributed by atoms with Gasteiger partial charge in [0.1, 0.15) is 33.6 Å². The van der Waals surface area contributed by atoms with E-state index in [1.807, 2.05) is 6.07 Å². The second kappa shape index (κ2) is 11.1. The summed E-state index contributed by atoms with van der Waals surface area (Å²) in [6.07, 6.45) is 1.34. The van der Waals surface area contributed by atoms with Crippen LogP contribution in [0.4, 0.5) is 14.5 Å². The van der Waals surface area contributed by atoms with Crippen LogP contribution in [0.25, 0.3) is 17.5 Å². The van der Waals surface area contributed by atoms with Crippen LogP contribution in [0.5, 0.6) is 11.5 Å². The number of fused-ring (bicyclic) bond motifs is 1. The van der Waals surface area contributed by atoms with E-state index in [-0.39, 0.29) is 48.7 Å². The Morgan fingerprint density at radius 2 is 1.78 bits per heavy atom. The lowest BCUT2D eigenvalue weighted by Gasteiger charge is -2.25. The Labute approximate surface area is 236 Å². The Bertz CT molecular complexity index is 1960. The third-order valence-corrected chi connectivity index (χ3v) is 7.69. The summed E-state index contributed by atoms with van der Waals surface area (Å²) in [5.74, 6) is -2.68. The molecule has 4 aromatic rings. The normalized spacial score (nSPS) is 14.9. The Hall–Kier alpha value is -5.21. The fourth-order valence-electron chi connectivity index (χ4n) is 4.61. The van der Waals surface area contributed by atoms with Crippen molar-refractivity contribution in [2.24, 2.45) is 5.73 Å². The summed E-state index contributed by atoms with van der Waals surface area (Å²) in [5.41, 5.74) is 5.84. The Morgan fingerprint density at radius 1 is 1.07 bits per heavy atom. The number of aromatic nitrogens is 1. The molecule has 1 unspecified atom stereocenters. The third kappa shape index (κ3) is 4.85. The van der Waals surface area contributed by atoms with E-state index in [1.165, 1.54) is 56.7 Å². The number of carbonyl (C=O) groups is 1. The van der Waals surface area contributed by atoms with Gasteiger partial charge in [0.25, 0.3) is 11.5 Å². The van der Waals surface area contributed by atoms with Crippen molar-refractivity contribution < 1.29 is 23.0 Å². The number of thiazole rings is 1. The summed E-state index contributed by atoms with van der Waals surface area (Å²) in [6, 6.07) is 18.3. The number of amides is 1. The molecule has 0 saturated heterocycles. The maximum atomic E-state index is 15.2. The molecule has 11 heteroatoms. The average molecular weight is 573 g/mol. The van der Waals surface area contributed by atoms with Crippen molar-refractivity contribution in [3.8, 4) is 17.6 Å². The predicted octanol–water partition coefficient (Wildman–Crippen LogP) is 3.27. The molecule has 206 valence electrons. The number of methoxy groups -OCH3 is 2. The van der Waals surface area contributed by atoms with Gasteiger partial charge in [0, 0.05) is 17.2 Å². The van der Waals surface area contributed by atoms with Crippen LogP contribution < -0.4 is 35.3 Å². The molecule has 5 rings (SSSR count). The van der Waals surface area contributed by atoms with E-state index in [9.17, 15) is 19.2 Å². The minimum atomic E-state index is -1.25. The quantitative estimate of drug-likeness (QED) is 0.366. The van der Waals surface area contributed by atoms with Gasteiger partial charge in [-0.2, -0.15) is 5.26 Å². The number of ether oxygens (including phenoxy) is 2. The third-order valence-electron chi connectivity index (χ3n) is 6.58. The van der Waals surface area contributed by atoms with Crippen molar-refractivity contribution in [2.75, 3.05) is 19.5 Å². The smallest absolute Gasteiger partial charge is 0.274 e. The van der Waals surface area contributed by atoms with Gasteiger partial charge in [-0.25, -0.2) is 8.78 Å². The molecule has 0 fully saturated rings. The molecule has 3 N–H and O–H groups in total. The van der Waals surface area contributed by atoms with Gasteiger partial charge in [-0.1, -0.05) is 36.4 Å². The topological polar surface area (TPSA) is 119 Å². The first-order valence-electron chi connectivity index (χ1n) is 12.2. The summed E-state index contributed by atoms with van der Waals surface area (Å²) in [4.78, 5) is 27.6. The maximum absolute atomic E-state index is 15.2. The number of nitrogens with zero attached hydrogens (tertiary/aromatic N) is 2. The predicted molar refractivity (Wildman–Crippen MR) is 152 cm³/mol. The van der Waals surface area contributed by atoms with Gasteiger partial charge in [-0.15, -0.1) is 11.3 Å². The fourth-order valence-corrected chi connectivity index (χ4v) is 5.78. The maximum Gasteiger partial charge on any atom is 0.274 e. The first-order valence-corrected chi connectivity index (χ1v) is 13.0. The number of halogens is 2. The lowest BCUT2D eigenvalue weighted by Crippen LogP contribution is -2.41. The first-order chi connectivity index (χ1) is 19.8. The molecule has 0 radical (unpaired) electrons. The number of carbonyl (C=O) groups excluding carboxylic acids is 1. The SMILES string of the molecule is COc1ccc(NC(=O)C2=c3s/c(=C\c4ccccc4F)c(=O)n3C(N)=C(C#N)C2c2ccccc2F)c(OC)c1. The number of hydrogen-bond donors (Lipinski definition) is 2. The highest BCUT2D eigenvalue weighted by Crippen LogP contribution is 2.38. The summed E-state index contributed by atoms with van der Waals surface area (Å²) in [6.45, 7) is 0. The van der Waals surface area contributed by atoms with Crippen LogP contribution in [-0.2, 0) is 4.79 Å². The number of rotatable bonds is 6. The molecule has 0 aliphatic carbocycles. The lowest BCUT2D eigenvalue weighted by molar-refractivity contribution is -0.111. The van der Waals surface area contributed by atoms with E-state index >= 15 is 4.39 Å². The van der Waals surface area contributed by atoms with E-state index < -0.39 is 29.0 Å². The Kier molecular flexibility index (Phi) is 7.42. The summed E-state index contributed by atoms with van der Waals surface area (Å²) >= 11 is 0.882. The molecule has 1 atom stereocenters. The van der Waals surface area contributed by atoms with Crippen molar-refractivity contribution >= 4 is 40.4 Å². The van der Waals surface area contributed by atoms with E-state index in [0.29, 0.717) is 5.75 Å². The molecule has 0 saturated carbocycles. The van der Waals surface area contributed by atoms with Crippen LogP contribution in [-0.4, -0.2) is 24.7 Å². The first kappa shape index (κ1) is 27.4. The number of nitrogens with one attached hydrogen (secondary N) is 1. The number of nitriles is 1. The Balaban J connectivity index is 1.82. The van der Waals surface area contributed by atoms with Gasteiger partial charge in [0.2, 0.25) is 0 Å². The van der Waals surface area contributed by atoms with Gasteiger partial charge in [0.15, 0.2) is 0 Å². The highest BCUT2D eigenvalue weighted by molar-refractivity contribution is 7.07. The second-order valence-electron chi connectivity index (χ2n) is 8.88. The zero-order chi connectivity index (χ0) is 29.3. The number of nitrogens with two attached hydrogens (primary N) is 1. The molecule has 0 spiro atoms. The van der Waals surface area contributed by atoms with Crippen molar-refractivity contribution in [3.05, 3.63) is 115 Å². The molecule has 1 aliphatic heterocycles. The van der Waals surface area contributed by atoms with Crippen LogP contribution >= 0.6 is 11.3 Å². The van der Waals surface area contributed by atoms with Crippen LogP contribution in [0.3, 0.4) is 0 Å². The molecule has 1 aliphatic rings. The minimum Gasteiger partial charge on any atom is -0.497 e. The van der Waals surface area contributed by atoms with Crippen LogP contribution in [0, 0.1) is 23.0 Å². The molecule has 0 bridgehead atoms. The van der Waals surface area contributed by atoms with Crippen molar-refractivity contribution in [2.45, 2.75) is 5.92 Å². The average Bonchev–Trinajstić information content (AvgIpc) is 3.30. The van der Waals surface area contributed by atoms with Crippen LogP contribution in [0.1, 0.15) is 17.0 Å². The zero-order valence-corrected chi connectivity index (χ0v) is 22.6.